The number of carbonyl (C=O) groups is 2. The van der Waals surface area contributed by atoms with Gasteiger partial charge in [-0.25, -0.2) is 4.79 Å². The monoisotopic (exact) mass is 274 g/mol. The van der Waals surface area contributed by atoms with Crippen LogP contribution in [0.2, 0.25) is 0 Å². The van der Waals surface area contributed by atoms with Crippen LogP contribution in [0.5, 0.6) is 0 Å². The summed E-state index contributed by atoms with van der Waals surface area (Å²) in [5.74, 6) is -1.39. The lowest BCUT2D eigenvalue weighted by atomic mass is 9.78. The third-order valence-electron chi connectivity index (χ3n) is 3.49. The summed E-state index contributed by atoms with van der Waals surface area (Å²) in [5.41, 5.74) is 0.990. The molecule has 4 heteroatoms. The lowest BCUT2D eigenvalue weighted by molar-refractivity contribution is -0.155. The van der Waals surface area contributed by atoms with Gasteiger partial charge in [0.25, 0.3) is 0 Å². The Morgan fingerprint density at radius 2 is 1.90 bits per heavy atom. The first-order valence-electron chi connectivity index (χ1n) is 6.61. The van der Waals surface area contributed by atoms with E-state index in [9.17, 15) is 9.59 Å². The molecule has 0 amide bonds. The maximum absolute atomic E-state index is 12.2. The zero-order chi connectivity index (χ0) is 14.7. The average molecular weight is 274 g/mol. The number of allylic oxidation sites excluding steroid dienone is 1. The number of esters is 2. The van der Waals surface area contributed by atoms with Gasteiger partial charge in [-0.3, -0.25) is 4.79 Å². The number of carbonyl (C=O) groups excluding carboxylic acids is 2. The number of ether oxygens (including phenoxy) is 2. The van der Waals surface area contributed by atoms with Crippen LogP contribution in [-0.4, -0.2) is 19.0 Å². The molecular weight excluding hydrogens is 256 g/mol. The van der Waals surface area contributed by atoms with Crippen LogP contribution >= 0.6 is 0 Å². The minimum Gasteiger partial charge on any atom is -0.463 e. The fraction of sp³-hybridized carbons (Fsp3) is 0.375. The number of hydrogen-bond donors (Lipinski definition) is 0. The van der Waals surface area contributed by atoms with E-state index >= 15 is 0 Å². The Hall–Kier alpha value is -2.10. The average Bonchev–Trinajstić information content (AvgIpc) is 2.46. The van der Waals surface area contributed by atoms with Crippen molar-refractivity contribution in [3.8, 4) is 0 Å². The van der Waals surface area contributed by atoms with E-state index in [0.717, 1.165) is 5.56 Å². The highest BCUT2D eigenvalue weighted by Crippen LogP contribution is 2.37. The molecule has 0 saturated heterocycles. The number of hydrogen-bond acceptors (Lipinski definition) is 4. The van der Waals surface area contributed by atoms with Gasteiger partial charge in [-0.15, -0.1) is 0 Å². The molecule has 0 saturated carbocycles. The third-order valence-corrected chi connectivity index (χ3v) is 3.49. The van der Waals surface area contributed by atoms with Crippen molar-refractivity contribution in [3.63, 3.8) is 0 Å². The molecular formula is C16H18O4. The van der Waals surface area contributed by atoms with Crippen molar-refractivity contribution in [2.75, 3.05) is 7.11 Å². The highest BCUT2D eigenvalue weighted by atomic mass is 16.6. The fourth-order valence-electron chi connectivity index (χ4n) is 2.50. The Morgan fingerprint density at radius 1 is 1.25 bits per heavy atom. The largest absolute Gasteiger partial charge is 0.463 e. The summed E-state index contributed by atoms with van der Waals surface area (Å²) in [6.07, 6.45) is 1.69. The van der Waals surface area contributed by atoms with E-state index in [4.69, 9.17) is 4.74 Å². The Morgan fingerprint density at radius 3 is 2.45 bits per heavy atom. The first kappa shape index (κ1) is 14.3. The topological polar surface area (TPSA) is 52.6 Å². The van der Waals surface area contributed by atoms with Gasteiger partial charge in [0.1, 0.15) is 0 Å². The number of benzene rings is 1. The van der Waals surface area contributed by atoms with E-state index in [1.807, 2.05) is 44.2 Å². The van der Waals surface area contributed by atoms with E-state index in [2.05, 4.69) is 4.74 Å². The Balaban J connectivity index is 2.45. The van der Waals surface area contributed by atoms with Crippen LogP contribution in [0.1, 0.15) is 25.3 Å². The summed E-state index contributed by atoms with van der Waals surface area (Å²) in [7, 11) is 1.27. The van der Waals surface area contributed by atoms with Gasteiger partial charge in [-0.2, -0.15) is 0 Å². The number of rotatable bonds is 3. The molecule has 0 fully saturated rings. The summed E-state index contributed by atoms with van der Waals surface area (Å²) >= 11 is 0. The van der Waals surface area contributed by atoms with E-state index in [0.29, 0.717) is 0 Å². The van der Waals surface area contributed by atoms with Gasteiger partial charge in [-0.1, -0.05) is 44.2 Å². The first-order valence-corrected chi connectivity index (χ1v) is 6.61. The van der Waals surface area contributed by atoms with Gasteiger partial charge in [0.15, 0.2) is 0 Å². The zero-order valence-corrected chi connectivity index (χ0v) is 11.8. The van der Waals surface area contributed by atoms with Crippen molar-refractivity contribution in [2.45, 2.75) is 19.8 Å². The fourth-order valence-corrected chi connectivity index (χ4v) is 2.50. The van der Waals surface area contributed by atoms with E-state index in [1.54, 1.807) is 6.08 Å². The highest BCUT2D eigenvalue weighted by Gasteiger charge is 2.38. The molecule has 2 atom stereocenters. The van der Waals surface area contributed by atoms with Crippen LogP contribution in [-0.2, 0) is 19.1 Å². The second-order valence-corrected chi connectivity index (χ2v) is 5.15. The van der Waals surface area contributed by atoms with Crippen molar-refractivity contribution in [2.24, 2.45) is 11.8 Å². The lowest BCUT2D eigenvalue weighted by Gasteiger charge is -2.30. The standard InChI is InChI=1S/C16H18O4/c1-10(2)14-12(11-7-5-4-6-8-11)9-13(15(17)19-3)20-16(14)18/h4-10,12,14H,1-3H3/t12-,14+/m1/s1. The van der Waals surface area contributed by atoms with Gasteiger partial charge in [0, 0.05) is 5.92 Å². The molecule has 0 N–H and O–H groups in total. The summed E-state index contributed by atoms with van der Waals surface area (Å²) in [4.78, 5) is 23.8. The van der Waals surface area contributed by atoms with Crippen LogP contribution in [0.3, 0.4) is 0 Å². The first-order chi connectivity index (χ1) is 9.54. The van der Waals surface area contributed by atoms with Crippen molar-refractivity contribution in [1.82, 2.24) is 0 Å². The van der Waals surface area contributed by atoms with Gasteiger partial charge in [-0.05, 0) is 17.6 Å². The molecule has 0 unspecified atom stereocenters. The molecule has 0 radical (unpaired) electrons. The molecule has 1 aliphatic heterocycles. The smallest absolute Gasteiger partial charge is 0.373 e. The van der Waals surface area contributed by atoms with Crippen LogP contribution in [0.25, 0.3) is 0 Å². The number of cyclic esters (lactones) is 1. The van der Waals surface area contributed by atoms with Crippen LogP contribution in [0.4, 0.5) is 0 Å². The summed E-state index contributed by atoms with van der Waals surface area (Å²) in [6.45, 7) is 3.94. The maximum atomic E-state index is 12.2. The van der Waals surface area contributed by atoms with Gasteiger partial charge in [0.05, 0.1) is 13.0 Å². The predicted molar refractivity (Wildman–Crippen MR) is 73.7 cm³/mol. The predicted octanol–water partition coefficient (Wildman–Crippen LogP) is 2.66. The molecule has 106 valence electrons. The van der Waals surface area contributed by atoms with Crippen molar-refractivity contribution in [1.29, 1.82) is 0 Å². The van der Waals surface area contributed by atoms with Gasteiger partial charge >= 0.3 is 11.9 Å². The van der Waals surface area contributed by atoms with Crippen molar-refractivity contribution < 1.29 is 19.1 Å². The van der Waals surface area contributed by atoms with E-state index in [1.165, 1.54) is 7.11 Å². The molecule has 1 aromatic rings. The Kier molecular flexibility index (Phi) is 4.23. The minimum absolute atomic E-state index is 0.0248. The highest BCUT2D eigenvalue weighted by molar-refractivity contribution is 5.92. The molecule has 0 aliphatic carbocycles. The van der Waals surface area contributed by atoms with E-state index in [-0.39, 0.29) is 29.5 Å². The van der Waals surface area contributed by atoms with Crippen LogP contribution in [0.15, 0.2) is 42.2 Å². The van der Waals surface area contributed by atoms with E-state index < -0.39 is 5.97 Å². The third kappa shape index (κ3) is 2.74. The SMILES string of the molecule is COC(=O)C1=C[C@H](c2ccccc2)[C@H](C(C)C)C(=O)O1. The molecule has 0 bridgehead atoms. The molecule has 0 spiro atoms. The molecule has 0 aromatic heterocycles. The molecule has 1 heterocycles. The van der Waals surface area contributed by atoms with Crippen molar-refractivity contribution >= 4 is 11.9 Å². The second-order valence-electron chi connectivity index (χ2n) is 5.15. The van der Waals surface area contributed by atoms with Gasteiger partial charge in [0.2, 0.25) is 5.76 Å². The Labute approximate surface area is 118 Å². The maximum Gasteiger partial charge on any atom is 0.373 e. The quantitative estimate of drug-likeness (QED) is 0.795. The van der Waals surface area contributed by atoms with Crippen molar-refractivity contribution in [3.05, 3.63) is 47.7 Å². The summed E-state index contributed by atoms with van der Waals surface area (Å²) < 4.78 is 9.75. The number of methoxy groups -OCH3 is 1. The zero-order valence-electron chi connectivity index (χ0n) is 11.8. The minimum atomic E-state index is -0.624. The summed E-state index contributed by atoms with van der Waals surface area (Å²) in [6, 6.07) is 9.64. The molecule has 1 aliphatic rings. The molecule has 20 heavy (non-hydrogen) atoms. The van der Waals surface area contributed by atoms with Crippen LogP contribution in [0, 0.1) is 11.8 Å². The summed E-state index contributed by atoms with van der Waals surface area (Å²) in [5, 5.41) is 0. The second kappa shape index (κ2) is 5.90. The lowest BCUT2D eigenvalue weighted by Crippen LogP contribution is -2.33. The normalized spacial score (nSPS) is 22.2. The molecule has 2 rings (SSSR count). The van der Waals surface area contributed by atoms with Gasteiger partial charge < -0.3 is 9.47 Å². The Bertz CT molecular complexity index is 531. The van der Waals surface area contributed by atoms with Crippen LogP contribution < -0.4 is 0 Å². The molecule has 1 aromatic carbocycles. The molecule has 4 nitrogen and oxygen atoms in total.